The molecule has 0 saturated heterocycles. The van der Waals surface area contributed by atoms with Crippen LogP contribution < -0.4 is 5.32 Å². The third-order valence-electron chi connectivity index (χ3n) is 2.53. The van der Waals surface area contributed by atoms with E-state index in [0.29, 0.717) is 0 Å². The van der Waals surface area contributed by atoms with Gasteiger partial charge in [-0.15, -0.1) is 0 Å². The highest BCUT2D eigenvalue weighted by molar-refractivity contribution is 5.67. The van der Waals surface area contributed by atoms with Crippen molar-refractivity contribution in [1.82, 2.24) is 0 Å². The zero-order valence-corrected chi connectivity index (χ0v) is 9.70. The van der Waals surface area contributed by atoms with Gasteiger partial charge in [-0.05, 0) is 54.1 Å². The van der Waals surface area contributed by atoms with E-state index in [0.717, 1.165) is 22.4 Å². The van der Waals surface area contributed by atoms with Gasteiger partial charge in [0.1, 0.15) is 5.82 Å². The predicted molar refractivity (Wildman–Crippen MR) is 70.4 cm³/mol. The van der Waals surface area contributed by atoms with E-state index >= 15 is 0 Å². The Kier molecular flexibility index (Phi) is 3.24. The second kappa shape index (κ2) is 4.83. The van der Waals surface area contributed by atoms with Gasteiger partial charge in [-0.1, -0.05) is 24.8 Å². The standard InChI is InChI=1S/C15H14FN/c1-3-17-15-6-4-12(5-7-15)13-8-11(2)9-14(16)10-13/h3-10,17H,1H2,2H3. The number of anilines is 1. The van der Waals surface area contributed by atoms with Gasteiger partial charge in [-0.2, -0.15) is 0 Å². The van der Waals surface area contributed by atoms with E-state index in [1.807, 2.05) is 37.3 Å². The van der Waals surface area contributed by atoms with Crippen LogP contribution in [0, 0.1) is 12.7 Å². The number of benzene rings is 2. The first-order valence-corrected chi connectivity index (χ1v) is 5.44. The van der Waals surface area contributed by atoms with Crippen molar-refractivity contribution < 1.29 is 4.39 Å². The van der Waals surface area contributed by atoms with Crippen molar-refractivity contribution in [3.8, 4) is 11.1 Å². The van der Waals surface area contributed by atoms with Gasteiger partial charge in [0.25, 0.3) is 0 Å². The lowest BCUT2D eigenvalue weighted by Gasteiger charge is -2.05. The fourth-order valence-corrected chi connectivity index (χ4v) is 1.78. The van der Waals surface area contributed by atoms with Crippen LogP contribution in [0.3, 0.4) is 0 Å². The van der Waals surface area contributed by atoms with Crippen molar-refractivity contribution >= 4 is 5.69 Å². The lowest BCUT2D eigenvalue weighted by Crippen LogP contribution is -1.87. The van der Waals surface area contributed by atoms with E-state index in [1.165, 1.54) is 6.07 Å². The van der Waals surface area contributed by atoms with Crippen LogP contribution in [0.25, 0.3) is 11.1 Å². The van der Waals surface area contributed by atoms with Crippen LogP contribution in [-0.4, -0.2) is 0 Å². The molecule has 0 amide bonds. The molecule has 2 aromatic carbocycles. The second-order valence-electron chi connectivity index (χ2n) is 3.94. The lowest BCUT2D eigenvalue weighted by atomic mass is 10.0. The molecule has 2 heteroatoms. The minimum atomic E-state index is -0.201. The quantitative estimate of drug-likeness (QED) is 0.821. The summed E-state index contributed by atoms with van der Waals surface area (Å²) in [7, 11) is 0. The summed E-state index contributed by atoms with van der Waals surface area (Å²) >= 11 is 0. The molecule has 0 aliphatic rings. The molecule has 1 N–H and O–H groups in total. The summed E-state index contributed by atoms with van der Waals surface area (Å²) in [6.45, 7) is 5.49. The molecule has 0 fully saturated rings. The van der Waals surface area contributed by atoms with Gasteiger partial charge < -0.3 is 5.32 Å². The van der Waals surface area contributed by atoms with Crippen LogP contribution >= 0.6 is 0 Å². The maximum atomic E-state index is 13.3. The molecule has 0 heterocycles. The average molecular weight is 227 g/mol. The molecule has 2 rings (SSSR count). The number of nitrogens with one attached hydrogen (secondary N) is 1. The van der Waals surface area contributed by atoms with Gasteiger partial charge in [0.2, 0.25) is 0 Å². The summed E-state index contributed by atoms with van der Waals surface area (Å²) < 4.78 is 13.3. The van der Waals surface area contributed by atoms with E-state index in [2.05, 4.69) is 11.9 Å². The van der Waals surface area contributed by atoms with Crippen molar-refractivity contribution in [2.24, 2.45) is 0 Å². The van der Waals surface area contributed by atoms with Crippen molar-refractivity contribution in [2.75, 3.05) is 5.32 Å². The second-order valence-corrected chi connectivity index (χ2v) is 3.94. The molecule has 86 valence electrons. The first-order valence-electron chi connectivity index (χ1n) is 5.44. The molecule has 0 aliphatic heterocycles. The smallest absolute Gasteiger partial charge is 0.124 e. The Labute approximate surface area is 101 Å². The molecule has 0 radical (unpaired) electrons. The van der Waals surface area contributed by atoms with Crippen molar-refractivity contribution in [3.63, 3.8) is 0 Å². The molecule has 0 unspecified atom stereocenters. The minimum Gasteiger partial charge on any atom is -0.362 e. The summed E-state index contributed by atoms with van der Waals surface area (Å²) in [6, 6.07) is 12.8. The Balaban J connectivity index is 2.35. The minimum absolute atomic E-state index is 0.201. The number of hydrogen-bond acceptors (Lipinski definition) is 1. The predicted octanol–water partition coefficient (Wildman–Crippen LogP) is 4.36. The normalized spacial score (nSPS) is 10.0. The van der Waals surface area contributed by atoms with Gasteiger partial charge in [-0.3, -0.25) is 0 Å². The summed E-state index contributed by atoms with van der Waals surface area (Å²) in [5.41, 5.74) is 3.79. The Hall–Kier alpha value is -2.09. The first kappa shape index (κ1) is 11.4. The molecular formula is C15H14FN. The van der Waals surface area contributed by atoms with E-state index in [-0.39, 0.29) is 5.82 Å². The van der Waals surface area contributed by atoms with E-state index in [4.69, 9.17) is 0 Å². The van der Waals surface area contributed by atoms with E-state index in [1.54, 1.807) is 12.3 Å². The summed E-state index contributed by atoms with van der Waals surface area (Å²) in [4.78, 5) is 0. The van der Waals surface area contributed by atoms with Gasteiger partial charge in [0.15, 0.2) is 0 Å². The Morgan fingerprint density at radius 2 is 1.76 bits per heavy atom. The van der Waals surface area contributed by atoms with Crippen LogP contribution in [0.2, 0.25) is 0 Å². The summed E-state index contributed by atoms with van der Waals surface area (Å²) in [6.07, 6.45) is 1.63. The third kappa shape index (κ3) is 2.72. The SMILES string of the molecule is C=CNc1ccc(-c2cc(C)cc(F)c2)cc1. The zero-order chi connectivity index (χ0) is 12.3. The van der Waals surface area contributed by atoms with Crippen LogP contribution in [0.5, 0.6) is 0 Å². The highest BCUT2D eigenvalue weighted by atomic mass is 19.1. The molecule has 0 aliphatic carbocycles. The van der Waals surface area contributed by atoms with Crippen molar-refractivity contribution in [1.29, 1.82) is 0 Å². The van der Waals surface area contributed by atoms with Crippen LogP contribution in [0.1, 0.15) is 5.56 Å². The molecule has 0 atom stereocenters. The maximum absolute atomic E-state index is 13.3. The Morgan fingerprint density at radius 1 is 1.06 bits per heavy atom. The molecule has 0 bridgehead atoms. The molecular weight excluding hydrogens is 213 g/mol. The summed E-state index contributed by atoms with van der Waals surface area (Å²) in [5, 5.41) is 3.00. The largest absolute Gasteiger partial charge is 0.362 e. The highest BCUT2D eigenvalue weighted by Gasteiger charge is 2.01. The Morgan fingerprint density at radius 3 is 2.35 bits per heavy atom. The fourth-order valence-electron chi connectivity index (χ4n) is 1.78. The topological polar surface area (TPSA) is 12.0 Å². The van der Waals surface area contributed by atoms with Gasteiger partial charge >= 0.3 is 0 Å². The molecule has 0 spiro atoms. The summed E-state index contributed by atoms with van der Waals surface area (Å²) in [5.74, 6) is -0.201. The zero-order valence-electron chi connectivity index (χ0n) is 9.70. The molecule has 17 heavy (non-hydrogen) atoms. The van der Waals surface area contributed by atoms with Gasteiger partial charge in [0.05, 0.1) is 0 Å². The average Bonchev–Trinajstić information content (AvgIpc) is 2.29. The van der Waals surface area contributed by atoms with Crippen molar-refractivity contribution in [2.45, 2.75) is 6.92 Å². The number of aryl methyl sites for hydroxylation is 1. The Bertz CT molecular complexity index is 509. The van der Waals surface area contributed by atoms with E-state index < -0.39 is 0 Å². The first-order chi connectivity index (χ1) is 8.19. The monoisotopic (exact) mass is 227 g/mol. The highest BCUT2D eigenvalue weighted by Crippen LogP contribution is 2.23. The third-order valence-corrected chi connectivity index (χ3v) is 2.53. The van der Waals surface area contributed by atoms with Gasteiger partial charge in [-0.25, -0.2) is 4.39 Å². The van der Waals surface area contributed by atoms with Crippen molar-refractivity contribution in [3.05, 3.63) is 66.6 Å². The maximum Gasteiger partial charge on any atom is 0.124 e. The van der Waals surface area contributed by atoms with Crippen LogP contribution in [-0.2, 0) is 0 Å². The molecule has 0 saturated carbocycles. The fraction of sp³-hybridized carbons (Fsp3) is 0.0667. The molecule has 1 nitrogen and oxygen atoms in total. The molecule has 2 aromatic rings. The van der Waals surface area contributed by atoms with Crippen LogP contribution in [0.15, 0.2) is 55.2 Å². The number of hydrogen-bond donors (Lipinski definition) is 1. The van der Waals surface area contributed by atoms with Gasteiger partial charge in [0, 0.05) is 5.69 Å². The molecule has 0 aromatic heterocycles. The van der Waals surface area contributed by atoms with Crippen LogP contribution in [0.4, 0.5) is 10.1 Å². The number of halogens is 1. The lowest BCUT2D eigenvalue weighted by molar-refractivity contribution is 0.627. The van der Waals surface area contributed by atoms with E-state index in [9.17, 15) is 4.39 Å². The number of rotatable bonds is 3.